The molecule has 0 aliphatic heterocycles. The van der Waals surface area contributed by atoms with E-state index in [-0.39, 0.29) is 5.56 Å². The van der Waals surface area contributed by atoms with Crippen LogP contribution in [0.2, 0.25) is 0 Å². The number of ether oxygens (including phenoxy) is 4. The topological polar surface area (TPSA) is 84.2 Å². The summed E-state index contributed by atoms with van der Waals surface area (Å²) in [4.78, 5) is 17.8. The molecule has 4 aromatic rings. The molecule has 0 saturated heterocycles. The van der Waals surface area contributed by atoms with Crippen LogP contribution in [0.15, 0.2) is 41.2 Å². The van der Waals surface area contributed by atoms with E-state index in [4.69, 9.17) is 18.9 Å². The summed E-state index contributed by atoms with van der Waals surface area (Å²) >= 11 is 1.28. The van der Waals surface area contributed by atoms with Crippen molar-refractivity contribution in [1.82, 2.24) is 14.6 Å². The number of hydrogen-bond donors (Lipinski definition) is 0. The van der Waals surface area contributed by atoms with Crippen molar-refractivity contribution < 1.29 is 18.9 Å². The SMILES string of the molecule is CCOc1ccc(/C=c2\sc3nc(/C=C/c4ccc(OC)c(OC)c4)nn3c2=O)cc1OC. The molecule has 0 radical (unpaired) electrons. The van der Waals surface area contributed by atoms with Crippen molar-refractivity contribution in [3.63, 3.8) is 0 Å². The molecule has 0 bridgehead atoms. The maximum atomic E-state index is 12.8. The molecule has 0 atom stereocenters. The van der Waals surface area contributed by atoms with Crippen molar-refractivity contribution in [2.45, 2.75) is 6.92 Å². The van der Waals surface area contributed by atoms with Gasteiger partial charge in [-0.1, -0.05) is 29.5 Å². The average Bonchev–Trinajstić information content (AvgIpc) is 3.36. The summed E-state index contributed by atoms with van der Waals surface area (Å²) in [7, 11) is 4.76. The fraction of sp³-hybridized carbons (Fsp3) is 0.208. The summed E-state index contributed by atoms with van der Waals surface area (Å²) in [5.41, 5.74) is 1.50. The van der Waals surface area contributed by atoms with E-state index in [1.807, 2.05) is 49.4 Å². The lowest BCUT2D eigenvalue weighted by atomic mass is 10.2. The molecule has 4 rings (SSSR count). The van der Waals surface area contributed by atoms with Gasteiger partial charge < -0.3 is 18.9 Å². The maximum Gasteiger partial charge on any atom is 0.291 e. The summed E-state index contributed by atoms with van der Waals surface area (Å²) in [6, 6.07) is 11.1. The van der Waals surface area contributed by atoms with Gasteiger partial charge in [-0.25, -0.2) is 0 Å². The molecule has 0 saturated carbocycles. The minimum Gasteiger partial charge on any atom is -0.493 e. The number of methoxy groups -OCH3 is 3. The van der Waals surface area contributed by atoms with Crippen LogP contribution in [0.5, 0.6) is 23.0 Å². The lowest BCUT2D eigenvalue weighted by Crippen LogP contribution is -2.23. The smallest absolute Gasteiger partial charge is 0.291 e. The second kappa shape index (κ2) is 9.74. The first kappa shape index (κ1) is 22.3. The van der Waals surface area contributed by atoms with E-state index in [0.717, 1.165) is 11.1 Å². The van der Waals surface area contributed by atoms with E-state index in [1.165, 1.54) is 15.9 Å². The first-order valence-electron chi connectivity index (χ1n) is 10.2. The Labute approximate surface area is 194 Å². The van der Waals surface area contributed by atoms with Gasteiger partial charge in [-0.15, -0.1) is 5.10 Å². The van der Waals surface area contributed by atoms with Gasteiger partial charge in [-0.3, -0.25) is 4.79 Å². The highest BCUT2D eigenvalue weighted by atomic mass is 32.1. The van der Waals surface area contributed by atoms with Crippen LogP contribution in [0, 0.1) is 0 Å². The van der Waals surface area contributed by atoms with Crippen LogP contribution in [-0.4, -0.2) is 42.5 Å². The van der Waals surface area contributed by atoms with Gasteiger partial charge >= 0.3 is 0 Å². The highest BCUT2D eigenvalue weighted by Gasteiger charge is 2.10. The Morgan fingerprint density at radius 3 is 2.27 bits per heavy atom. The maximum absolute atomic E-state index is 12.8. The Morgan fingerprint density at radius 1 is 0.909 bits per heavy atom. The molecular weight excluding hydrogens is 442 g/mol. The molecule has 33 heavy (non-hydrogen) atoms. The number of rotatable bonds is 8. The Hall–Kier alpha value is -3.85. The molecule has 0 amide bonds. The third kappa shape index (κ3) is 4.68. The zero-order chi connectivity index (χ0) is 23.4. The van der Waals surface area contributed by atoms with Gasteiger partial charge in [0.15, 0.2) is 28.8 Å². The molecule has 0 unspecified atom stereocenters. The van der Waals surface area contributed by atoms with Gasteiger partial charge in [0.05, 0.1) is 32.5 Å². The standard InChI is InChI=1S/C24H23N3O5S/c1-5-32-18-10-7-16(13-20(18)31-4)14-21-23(28)27-24(33-21)25-22(26-27)11-8-15-6-9-17(29-2)19(12-15)30-3/h6-14H,5H2,1-4H3/b11-8+,21-14-. The van der Waals surface area contributed by atoms with Crippen LogP contribution in [0.4, 0.5) is 0 Å². The highest BCUT2D eigenvalue weighted by molar-refractivity contribution is 7.15. The predicted octanol–water partition coefficient (Wildman–Crippen LogP) is 3.29. The Bertz CT molecular complexity index is 1420. The molecule has 2 heterocycles. The molecular formula is C24H23N3O5S. The Balaban J connectivity index is 1.62. The molecule has 0 aliphatic carbocycles. The summed E-state index contributed by atoms with van der Waals surface area (Å²) < 4.78 is 23.4. The second-order valence-corrected chi connectivity index (χ2v) is 7.88. The molecule has 0 spiro atoms. The second-order valence-electron chi connectivity index (χ2n) is 6.87. The van der Waals surface area contributed by atoms with Crippen molar-refractivity contribution in [3.05, 3.63) is 68.2 Å². The lowest BCUT2D eigenvalue weighted by Gasteiger charge is -2.09. The molecule has 0 N–H and O–H groups in total. The fourth-order valence-corrected chi connectivity index (χ4v) is 4.16. The van der Waals surface area contributed by atoms with Gasteiger partial charge in [0.2, 0.25) is 4.96 Å². The van der Waals surface area contributed by atoms with E-state index >= 15 is 0 Å². The average molecular weight is 466 g/mol. The molecule has 170 valence electrons. The lowest BCUT2D eigenvalue weighted by molar-refractivity contribution is 0.311. The van der Waals surface area contributed by atoms with Crippen LogP contribution >= 0.6 is 11.3 Å². The van der Waals surface area contributed by atoms with E-state index in [0.29, 0.717) is 44.9 Å². The first-order chi connectivity index (χ1) is 16.1. The monoisotopic (exact) mass is 465 g/mol. The number of benzene rings is 2. The van der Waals surface area contributed by atoms with Gasteiger partial charge in [-0.2, -0.15) is 9.50 Å². The molecule has 0 fully saturated rings. The molecule has 2 aromatic carbocycles. The summed E-state index contributed by atoms with van der Waals surface area (Å²) in [5, 5.41) is 4.33. The zero-order valence-electron chi connectivity index (χ0n) is 18.7. The van der Waals surface area contributed by atoms with Gasteiger partial charge in [0, 0.05) is 0 Å². The Kier molecular flexibility index (Phi) is 6.60. The third-order valence-electron chi connectivity index (χ3n) is 4.82. The summed E-state index contributed by atoms with van der Waals surface area (Å²) in [6.45, 7) is 2.45. The molecule has 2 aromatic heterocycles. The van der Waals surface area contributed by atoms with Crippen LogP contribution in [0.3, 0.4) is 0 Å². The minimum atomic E-state index is -0.221. The van der Waals surface area contributed by atoms with E-state index in [2.05, 4.69) is 10.1 Å². The number of thiazole rings is 1. The number of aromatic nitrogens is 3. The Morgan fingerprint density at radius 2 is 1.58 bits per heavy atom. The van der Waals surface area contributed by atoms with Crippen LogP contribution < -0.4 is 29.0 Å². The molecule has 0 aliphatic rings. The predicted molar refractivity (Wildman–Crippen MR) is 129 cm³/mol. The van der Waals surface area contributed by atoms with E-state index in [9.17, 15) is 4.79 Å². The van der Waals surface area contributed by atoms with Gasteiger partial charge in [0.25, 0.3) is 5.56 Å². The number of fused-ring (bicyclic) bond motifs is 1. The number of nitrogens with zero attached hydrogens (tertiary/aromatic N) is 3. The highest BCUT2D eigenvalue weighted by Crippen LogP contribution is 2.29. The molecule has 9 heteroatoms. The van der Waals surface area contributed by atoms with Crippen molar-refractivity contribution in [2.24, 2.45) is 0 Å². The van der Waals surface area contributed by atoms with E-state index in [1.54, 1.807) is 33.5 Å². The summed E-state index contributed by atoms with van der Waals surface area (Å²) in [6.07, 6.45) is 5.40. The van der Waals surface area contributed by atoms with Gasteiger partial charge in [-0.05, 0) is 54.5 Å². The van der Waals surface area contributed by atoms with Crippen molar-refractivity contribution in [3.8, 4) is 23.0 Å². The quantitative estimate of drug-likeness (QED) is 0.395. The van der Waals surface area contributed by atoms with Crippen LogP contribution in [-0.2, 0) is 0 Å². The van der Waals surface area contributed by atoms with Crippen LogP contribution in [0.25, 0.3) is 23.2 Å². The van der Waals surface area contributed by atoms with Gasteiger partial charge in [0.1, 0.15) is 0 Å². The number of hydrogen-bond acceptors (Lipinski definition) is 8. The fourth-order valence-electron chi connectivity index (χ4n) is 3.25. The van der Waals surface area contributed by atoms with Crippen LogP contribution in [0.1, 0.15) is 23.9 Å². The molecule has 8 nitrogen and oxygen atoms in total. The largest absolute Gasteiger partial charge is 0.493 e. The van der Waals surface area contributed by atoms with E-state index < -0.39 is 0 Å². The first-order valence-corrected chi connectivity index (χ1v) is 11.0. The summed E-state index contributed by atoms with van der Waals surface area (Å²) in [5.74, 6) is 3.00. The van der Waals surface area contributed by atoms with Crippen molar-refractivity contribution >= 4 is 34.5 Å². The third-order valence-corrected chi connectivity index (χ3v) is 5.78. The van der Waals surface area contributed by atoms with Crippen molar-refractivity contribution in [1.29, 1.82) is 0 Å². The van der Waals surface area contributed by atoms with Crippen molar-refractivity contribution in [2.75, 3.05) is 27.9 Å². The normalized spacial score (nSPS) is 11.9. The zero-order valence-corrected chi connectivity index (χ0v) is 19.5. The minimum absolute atomic E-state index is 0.221.